The largest absolute Gasteiger partial charge is 0.348 e. The molecule has 2 rings (SSSR count). The lowest BCUT2D eigenvalue weighted by Crippen LogP contribution is -2.35. The average molecular weight is 268 g/mol. The van der Waals surface area contributed by atoms with Crippen molar-refractivity contribution in [1.29, 1.82) is 0 Å². The highest BCUT2D eigenvalue weighted by molar-refractivity contribution is 5.78. The molecule has 2 aromatic carbocycles. The van der Waals surface area contributed by atoms with Crippen LogP contribution in [0.5, 0.6) is 0 Å². The van der Waals surface area contributed by atoms with Gasteiger partial charge in [0.1, 0.15) is 0 Å². The summed E-state index contributed by atoms with van der Waals surface area (Å²) < 4.78 is 0. The minimum absolute atomic E-state index is 0.0114. The third-order valence-electron chi connectivity index (χ3n) is 3.13. The van der Waals surface area contributed by atoms with Crippen molar-refractivity contribution in [2.45, 2.75) is 19.5 Å². The molecule has 0 radical (unpaired) electrons. The zero-order valence-corrected chi connectivity index (χ0v) is 11.7. The van der Waals surface area contributed by atoms with Crippen molar-refractivity contribution in [2.24, 2.45) is 0 Å². The molecular formula is C17H20N2O. The van der Waals surface area contributed by atoms with E-state index in [1.165, 1.54) is 5.56 Å². The van der Waals surface area contributed by atoms with Crippen LogP contribution >= 0.6 is 0 Å². The van der Waals surface area contributed by atoms with Gasteiger partial charge in [0.2, 0.25) is 5.91 Å². The van der Waals surface area contributed by atoms with Crippen LogP contribution in [0.25, 0.3) is 0 Å². The molecular weight excluding hydrogens is 248 g/mol. The van der Waals surface area contributed by atoms with Crippen LogP contribution in [0.2, 0.25) is 0 Å². The van der Waals surface area contributed by atoms with Gasteiger partial charge in [0.15, 0.2) is 0 Å². The van der Waals surface area contributed by atoms with E-state index in [9.17, 15) is 4.79 Å². The molecule has 3 nitrogen and oxygen atoms in total. The number of amides is 1. The summed E-state index contributed by atoms with van der Waals surface area (Å²) >= 11 is 0. The maximum Gasteiger partial charge on any atom is 0.234 e. The van der Waals surface area contributed by atoms with Crippen molar-refractivity contribution in [3.8, 4) is 0 Å². The van der Waals surface area contributed by atoms with E-state index in [4.69, 9.17) is 0 Å². The molecule has 1 amide bonds. The molecule has 3 heteroatoms. The maximum absolute atomic E-state index is 11.8. The molecule has 0 aromatic heterocycles. The maximum atomic E-state index is 11.8. The van der Waals surface area contributed by atoms with E-state index in [0.717, 1.165) is 5.56 Å². The smallest absolute Gasteiger partial charge is 0.234 e. The number of nitrogens with one attached hydrogen (secondary N) is 2. The quantitative estimate of drug-likeness (QED) is 0.845. The van der Waals surface area contributed by atoms with Crippen LogP contribution in [0.4, 0.5) is 0 Å². The lowest BCUT2D eigenvalue weighted by molar-refractivity contribution is -0.120. The Morgan fingerprint density at radius 1 is 1.00 bits per heavy atom. The highest BCUT2D eigenvalue weighted by Gasteiger charge is 2.08. The highest BCUT2D eigenvalue weighted by Crippen LogP contribution is 2.10. The number of carbonyl (C=O) groups is 1. The van der Waals surface area contributed by atoms with E-state index in [1.54, 1.807) is 0 Å². The molecule has 104 valence electrons. The van der Waals surface area contributed by atoms with Crippen LogP contribution < -0.4 is 10.6 Å². The highest BCUT2D eigenvalue weighted by atomic mass is 16.1. The summed E-state index contributed by atoms with van der Waals surface area (Å²) in [5, 5.41) is 6.13. The third-order valence-corrected chi connectivity index (χ3v) is 3.13. The van der Waals surface area contributed by atoms with Gasteiger partial charge >= 0.3 is 0 Å². The van der Waals surface area contributed by atoms with Crippen molar-refractivity contribution in [3.05, 3.63) is 71.8 Å². The second-order valence-electron chi connectivity index (χ2n) is 4.79. The normalized spacial score (nSPS) is 11.8. The van der Waals surface area contributed by atoms with Crippen LogP contribution in [0.3, 0.4) is 0 Å². The molecule has 1 unspecified atom stereocenters. The Morgan fingerprint density at radius 2 is 1.60 bits per heavy atom. The second kappa shape index (κ2) is 7.46. The monoisotopic (exact) mass is 268 g/mol. The van der Waals surface area contributed by atoms with E-state index in [2.05, 4.69) is 10.6 Å². The van der Waals surface area contributed by atoms with Gasteiger partial charge in [-0.25, -0.2) is 0 Å². The summed E-state index contributed by atoms with van der Waals surface area (Å²) in [5.41, 5.74) is 2.29. The van der Waals surface area contributed by atoms with Crippen LogP contribution in [0.15, 0.2) is 60.7 Å². The Hall–Kier alpha value is -2.13. The molecule has 0 fully saturated rings. The topological polar surface area (TPSA) is 41.1 Å². The van der Waals surface area contributed by atoms with Crippen molar-refractivity contribution in [1.82, 2.24) is 10.6 Å². The van der Waals surface area contributed by atoms with Gasteiger partial charge in [-0.15, -0.1) is 0 Å². The first-order valence-electron chi connectivity index (χ1n) is 6.84. The van der Waals surface area contributed by atoms with Crippen molar-refractivity contribution < 1.29 is 4.79 Å². The molecule has 0 heterocycles. The zero-order valence-electron chi connectivity index (χ0n) is 11.7. The predicted octanol–water partition coefficient (Wildman–Crippen LogP) is 2.65. The van der Waals surface area contributed by atoms with Gasteiger partial charge in [-0.2, -0.15) is 0 Å². The Kier molecular flexibility index (Phi) is 5.33. The number of hydrogen-bond acceptors (Lipinski definition) is 2. The van der Waals surface area contributed by atoms with E-state index in [1.807, 2.05) is 67.6 Å². The Balaban J connectivity index is 1.73. The Labute approximate surface area is 120 Å². The van der Waals surface area contributed by atoms with E-state index < -0.39 is 0 Å². The van der Waals surface area contributed by atoms with E-state index in [0.29, 0.717) is 13.1 Å². The van der Waals surface area contributed by atoms with Gasteiger partial charge in [-0.3, -0.25) is 4.79 Å². The van der Waals surface area contributed by atoms with Gasteiger partial charge in [0, 0.05) is 6.54 Å². The molecule has 1 atom stereocenters. The second-order valence-corrected chi connectivity index (χ2v) is 4.79. The minimum Gasteiger partial charge on any atom is -0.348 e. The lowest BCUT2D eigenvalue weighted by Gasteiger charge is -2.14. The Bertz CT molecular complexity index is 525. The molecule has 2 aromatic rings. The SMILES string of the molecule is CC(NC(=O)CNCc1ccccc1)c1ccccc1. The average Bonchev–Trinajstić information content (AvgIpc) is 2.49. The fraction of sp³-hybridized carbons (Fsp3) is 0.235. The molecule has 0 aliphatic heterocycles. The summed E-state index contributed by atoms with van der Waals surface area (Å²) in [7, 11) is 0. The summed E-state index contributed by atoms with van der Waals surface area (Å²) in [5.74, 6) is 0.0114. The first-order valence-corrected chi connectivity index (χ1v) is 6.84. The predicted molar refractivity (Wildman–Crippen MR) is 81.1 cm³/mol. The number of benzene rings is 2. The molecule has 0 spiro atoms. The third kappa shape index (κ3) is 4.52. The molecule has 20 heavy (non-hydrogen) atoms. The first-order chi connectivity index (χ1) is 9.75. The van der Waals surface area contributed by atoms with Crippen LogP contribution in [0, 0.1) is 0 Å². The molecule has 0 saturated heterocycles. The lowest BCUT2D eigenvalue weighted by atomic mass is 10.1. The van der Waals surface area contributed by atoms with Gasteiger partial charge < -0.3 is 10.6 Å². The number of carbonyl (C=O) groups excluding carboxylic acids is 1. The van der Waals surface area contributed by atoms with Crippen LogP contribution in [-0.2, 0) is 11.3 Å². The summed E-state index contributed by atoms with van der Waals surface area (Å²) in [4.78, 5) is 11.8. The molecule has 0 saturated carbocycles. The van der Waals surface area contributed by atoms with Crippen LogP contribution in [0.1, 0.15) is 24.1 Å². The molecule has 0 bridgehead atoms. The van der Waals surface area contributed by atoms with E-state index in [-0.39, 0.29) is 11.9 Å². The van der Waals surface area contributed by atoms with Crippen molar-refractivity contribution >= 4 is 5.91 Å². The summed E-state index contributed by atoms with van der Waals surface area (Å²) in [6, 6.07) is 20.0. The minimum atomic E-state index is 0.0114. The zero-order chi connectivity index (χ0) is 14.2. The number of hydrogen-bond donors (Lipinski definition) is 2. The van der Waals surface area contributed by atoms with Gasteiger partial charge in [0.25, 0.3) is 0 Å². The standard InChI is InChI=1S/C17H20N2O/c1-14(16-10-6-3-7-11-16)19-17(20)13-18-12-15-8-4-2-5-9-15/h2-11,14,18H,12-13H2,1H3,(H,19,20). The fourth-order valence-electron chi connectivity index (χ4n) is 2.03. The molecule has 2 N–H and O–H groups in total. The van der Waals surface area contributed by atoms with Crippen molar-refractivity contribution in [3.63, 3.8) is 0 Å². The fourth-order valence-corrected chi connectivity index (χ4v) is 2.03. The van der Waals surface area contributed by atoms with Crippen molar-refractivity contribution in [2.75, 3.05) is 6.54 Å². The first kappa shape index (κ1) is 14.3. The van der Waals surface area contributed by atoms with Gasteiger partial charge in [-0.05, 0) is 18.1 Å². The summed E-state index contributed by atoms with van der Waals surface area (Å²) in [6.07, 6.45) is 0. The van der Waals surface area contributed by atoms with Gasteiger partial charge in [-0.1, -0.05) is 60.7 Å². The molecule has 0 aliphatic carbocycles. The number of rotatable bonds is 6. The molecule has 0 aliphatic rings. The van der Waals surface area contributed by atoms with Crippen LogP contribution in [-0.4, -0.2) is 12.5 Å². The summed E-state index contributed by atoms with van der Waals surface area (Å²) in [6.45, 7) is 3.02. The van der Waals surface area contributed by atoms with Gasteiger partial charge in [0.05, 0.1) is 12.6 Å². The Morgan fingerprint density at radius 3 is 2.25 bits per heavy atom. The van der Waals surface area contributed by atoms with E-state index >= 15 is 0 Å².